The number of nitrogens with zero attached hydrogens (tertiary/aromatic N) is 2. The van der Waals surface area contributed by atoms with Gasteiger partial charge in [-0.15, -0.1) is 0 Å². The molecule has 2 N–H and O–H groups in total. The Balaban J connectivity index is 1.33. The van der Waals surface area contributed by atoms with Crippen molar-refractivity contribution in [1.82, 2.24) is 9.80 Å². The van der Waals surface area contributed by atoms with Crippen LogP contribution in [0.5, 0.6) is 0 Å². The van der Waals surface area contributed by atoms with Crippen molar-refractivity contribution in [3.8, 4) is 0 Å². The van der Waals surface area contributed by atoms with Gasteiger partial charge in [-0.1, -0.05) is 77.8 Å². The molecule has 2 fully saturated rings. The lowest BCUT2D eigenvalue weighted by Gasteiger charge is -2.41. The average Bonchev–Trinajstić information content (AvgIpc) is 3.40. The van der Waals surface area contributed by atoms with E-state index in [4.69, 9.17) is 28.9 Å². The summed E-state index contributed by atoms with van der Waals surface area (Å²) >= 11 is 12.7. The van der Waals surface area contributed by atoms with Crippen molar-refractivity contribution in [2.45, 2.75) is 36.5 Å². The van der Waals surface area contributed by atoms with Gasteiger partial charge in [0.1, 0.15) is 0 Å². The lowest BCUT2D eigenvalue weighted by Crippen LogP contribution is -2.50. The summed E-state index contributed by atoms with van der Waals surface area (Å²) < 4.78 is 0. The van der Waals surface area contributed by atoms with Gasteiger partial charge in [-0.3, -0.25) is 9.59 Å². The number of nitrogens with two attached hydrogens (primary N) is 1. The van der Waals surface area contributed by atoms with Crippen LogP contribution in [0, 0.1) is 0 Å². The second-order valence-electron chi connectivity index (χ2n) is 10.7. The van der Waals surface area contributed by atoms with E-state index in [1.807, 2.05) is 77.7 Å². The van der Waals surface area contributed by atoms with Crippen LogP contribution < -0.4 is 5.73 Å². The van der Waals surface area contributed by atoms with Gasteiger partial charge in [0.2, 0.25) is 5.91 Å². The zero-order valence-corrected chi connectivity index (χ0v) is 22.9. The van der Waals surface area contributed by atoms with E-state index in [2.05, 4.69) is 11.0 Å². The lowest BCUT2D eigenvalue weighted by molar-refractivity contribution is -0.125. The fourth-order valence-corrected chi connectivity index (χ4v) is 6.48. The van der Waals surface area contributed by atoms with Crippen LogP contribution >= 0.6 is 23.2 Å². The summed E-state index contributed by atoms with van der Waals surface area (Å²) in [5, 5.41) is 1.06. The molecule has 3 aromatic carbocycles. The lowest BCUT2D eigenvalue weighted by atomic mass is 9.71. The number of piperidine rings is 1. The molecule has 2 heterocycles. The Morgan fingerprint density at radius 2 is 1.45 bits per heavy atom. The zero-order chi connectivity index (χ0) is 26.8. The average molecular weight is 551 g/mol. The minimum absolute atomic E-state index is 0.0552. The number of carbonyl (C=O) groups excluding carboxylic acids is 2. The molecule has 1 atom stereocenters. The number of halogens is 2. The molecule has 5 rings (SSSR count). The molecule has 5 nitrogen and oxygen atoms in total. The van der Waals surface area contributed by atoms with E-state index in [9.17, 15) is 9.59 Å². The van der Waals surface area contributed by atoms with Crippen LogP contribution in [-0.2, 0) is 15.6 Å². The molecular formula is C31H33Cl2N3O2. The van der Waals surface area contributed by atoms with Gasteiger partial charge in [-0.25, -0.2) is 0 Å². The normalized spacial score (nSPS) is 21.4. The van der Waals surface area contributed by atoms with E-state index < -0.39 is 5.41 Å². The molecule has 2 saturated heterocycles. The van der Waals surface area contributed by atoms with Crippen molar-refractivity contribution in [1.29, 1.82) is 0 Å². The fourth-order valence-electron chi connectivity index (χ4n) is 6.18. The number of primary amides is 1. The molecule has 0 aliphatic carbocycles. The van der Waals surface area contributed by atoms with Gasteiger partial charge < -0.3 is 15.5 Å². The molecular weight excluding hydrogens is 517 g/mol. The maximum absolute atomic E-state index is 13.3. The fraction of sp³-hybridized carbons (Fsp3) is 0.355. The SMILES string of the molecule is NC(=O)C1(c2ccccc2)CCN(CC[C@]2(c3ccc(Cl)c(Cl)c3)CCN(C(=O)c3ccccc3)C2)CC1. The number of carbonyl (C=O) groups is 2. The monoisotopic (exact) mass is 549 g/mol. The number of likely N-dealkylation sites (tertiary alicyclic amines) is 2. The first-order valence-electron chi connectivity index (χ1n) is 13.2. The Labute approximate surface area is 234 Å². The molecule has 38 heavy (non-hydrogen) atoms. The molecule has 0 unspecified atom stereocenters. The Kier molecular flexibility index (Phi) is 7.80. The van der Waals surface area contributed by atoms with E-state index in [0.29, 0.717) is 41.5 Å². The Morgan fingerprint density at radius 3 is 2.08 bits per heavy atom. The Hall–Kier alpha value is -2.86. The van der Waals surface area contributed by atoms with Crippen LogP contribution in [0.2, 0.25) is 10.0 Å². The highest BCUT2D eigenvalue weighted by Gasteiger charge is 2.44. The van der Waals surface area contributed by atoms with Gasteiger partial charge in [0.15, 0.2) is 0 Å². The number of rotatable bonds is 7. The number of amides is 2. The van der Waals surface area contributed by atoms with Crippen molar-refractivity contribution in [3.05, 3.63) is 106 Å². The third-order valence-electron chi connectivity index (χ3n) is 8.61. The summed E-state index contributed by atoms with van der Waals surface area (Å²) in [5.41, 5.74) is 7.93. The predicted octanol–water partition coefficient (Wildman–Crippen LogP) is 5.69. The minimum atomic E-state index is -0.620. The van der Waals surface area contributed by atoms with Gasteiger partial charge in [-0.2, -0.15) is 0 Å². The molecule has 0 radical (unpaired) electrons. The first kappa shape index (κ1) is 26.7. The van der Waals surface area contributed by atoms with Gasteiger partial charge in [-0.05, 0) is 80.7 Å². The second kappa shape index (κ2) is 11.1. The molecule has 0 saturated carbocycles. The van der Waals surface area contributed by atoms with E-state index >= 15 is 0 Å². The van der Waals surface area contributed by atoms with Crippen LogP contribution in [0.15, 0.2) is 78.9 Å². The van der Waals surface area contributed by atoms with Crippen molar-refractivity contribution in [2.24, 2.45) is 5.73 Å². The van der Waals surface area contributed by atoms with Gasteiger partial charge >= 0.3 is 0 Å². The molecule has 0 aromatic heterocycles. The highest BCUT2D eigenvalue weighted by molar-refractivity contribution is 6.42. The Morgan fingerprint density at radius 1 is 0.789 bits per heavy atom. The van der Waals surface area contributed by atoms with Crippen molar-refractivity contribution in [3.63, 3.8) is 0 Å². The molecule has 7 heteroatoms. The second-order valence-corrected chi connectivity index (χ2v) is 11.5. The van der Waals surface area contributed by atoms with Crippen molar-refractivity contribution < 1.29 is 9.59 Å². The van der Waals surface area contributed by atoms with Crippen molar-refractivity contribution >= 4 is 35.0 Å². The molecule has 0 bridgehead atoms. The van der Waals surface area contributed by atoms with E-state index in [-0.39, 0.29) is 17.2 Å². The molecule has 2 amide bonds. The largest absolute Gasteiger partial charge is 0.369 e. The Bertz CT molecular complexity index is 1290. The molecule has 2 aliphatic rings. The third-order valence-corrected chi connectivity index (χ3v) is 9.35. The summed E-state index contributed by atoms with van der Waals surface area (Å²) in [7, 11) is 0. The smallest absolute Gasteiger partial charge is 0.253 e. The first-order chi connectivity index (χ1) is 18.3. The molecule has 2 aliphatic heterocycles. The van der Waals surface area contributed by atoms with Crippen LogP contribution in [0.4, 0.5) is 0 Å². The van der Waals surface area contributed by atoms with E-state index in [0.717, 1.165) is 43.6 Å². The summed E-state index contributed by atoms with van der Waals surface area (Å²) in [5.74, 6) is -0.193. The molecule has 0 spiro atoms. The summed E-state index contributed by atoms with van der Waals surface area (Å²) in [6, 6.07) is 25.2. The first-order valence-corrected chi connectivity index (χ1v) is 14.0. The highest BCUT2D eigenvalue weighted by Crippen LogP contribution is 2.42. The van der Waals surface area contributed by atoms with E-state index in [1.165, 1.54) is 0 Å². The van der Waals surface area contributed by atoms with Gasteiger partial charge in [0.25, 0.3) is 5.91 Å². The molecule has 3 aromatic rings. The quantitative estimate of drug-likeness (QED) is 0.411. The summed E-state index contributed by atoms with van der Waals surface area (Å²) in [4.78, 5) is 30.3. The summed E-state index contributed by atoms with van der Waals surface area (Å²) in [6.45, 7) is 3.76. The maximum Gasteiger partial charge on any atom is 0.253 e. The summed E-state index contributed by atoms with van der Waals surface area (Å²) in [6.07, 6.45) is 3.13. The zero-order valence-electron chi connectivity index (χ0n) is 21.4. The van der Waals surface area contributed by atoms with Crippen LogP contribution in [0.1, 0.15) is 47.2 Å². The standard InChI is InChI=1S/C31H33Cl2N3O2/c32-26-12-11-25(21-27(26)33)30(14-20-36(22-30)28(37)23-7-3-1-4-8-23)13-17-35-18-15-31(16-19-35,29(34)38)24-9-5-2-6-10-24/h1-12,21H,13-20,22H2,(H2,34,38)/t30-/m0/s1. The van der Waals surface area contributed by atoms with Crippen molar-refractivity contribution in [2.75, 3.05) is 32.7 Å². The third kappa shape index (κ3) is 5.20. The minimum Gasteiger partial charge on any atom is -0.369 e. The van der Waals surface area contributed by atoms with Crippen LogP contribution in [0.25, 0.3) is 0 Å². The van der Waals surface area contributed by atoms with Gasteiger partial charge in [0, 0.05) is 24.1 Å². The predicted molar refractivity (Wildman–Crippen MR) is 153 cm³/mol. The number of benzene rings is 3. The molecule has 198 valence electrons. The van der Waals surface area contributed by atoms with Crippen LogP contribution in [-0.4, -0.2) is 54.3 Å². The van der Waals surface area contributed by atoms with Crippen LogP contribution in [0.3, 0.4) is 0 Å². The highest BCUT2D eigenvalue weighted by atomic mass is 35.5. The number of hydrogen-bond donors (Lipinski definition) is 1. The maximum atomic E-state index is 13.3. The van der Waals surface area contributed by atoms with Gasteiger partial charge in [0.05, 0.1) is 15.5 Å². The van der Waals surface area contributed by atoms with E-state index in [1.54, 1.807) is 0 Å². The topological polar surface area (TPSA) is 66.6 Å². The number of hydrogen-bond acceptors (Lipinski definition) is 3.